The Morgan fingerprint density at radius 1 is 1.41 bits per heavy atom. The van der Waals surface area contributed by atoms with Gasteiger partial charge in [-0.3, -0.25) is 10.1 Å². The normalized spacial score (nSPS) is 19.1. The second-order valence-corrected chi connectivity index (χ2v) is 6.91. The first-order chi connectivity index (χ1) is 8.16. The predicted molar refractivity (Wildman–Crippen MR) is 72.4 cm³/mol. The molecule has 0 spiro atoms. The fourth-order valence-electron chi connectivity index (χ4n) is 2.26. The zero-order valence-corrected chi connectivity index (χ0v) is 11.9. The van der Waals surface area contributed by atoms with Crippen molar-refractivity contribution in [1.82, 2.24) is 5.32 Å². The molecule has 17 heavy (non-hydrogen) atoms. The Balaban J connectivity index is 2.04. The molecule has 1 aromatic heterocycles. The minimum atomic E-state index is -0.787. The van der Waals surface area contributed by atoms with Gasteiger partial charge in [-0.15, -0.1) is 11.3 Å². The fourth-order valence-corrected chi connectivity index (χ4v) is 3.74. The molecule has 0 amide bonds. The van der Waals surface area contributed by atoms with E-state index in [1.807, 2.05) is 12.1 Å². The van der Waals surface area contributed by atoms with E-state index in [9.17, 15) is 9.90 Å². The van der Waals surface area contributed by atoms with E-state index in [1.165, 1.54) is 30.6 Å². The summed E-state index contributed by atoms with van der Waals surface area (Å²) in [6.07, 6.45) is 5.88. The minimum Gasteiger partial charge on any atom is -0.480 e. The molecule has 1 fully saturated rings. The second-order valence-electron chi connectivity index (χ2n) is 4.41. The zero-order chi connectivity index (χ0) is 12.3. The van der Waals surface area contributed by atoms with Crippen molar-refractivity contribution in [3.05, 3.63) is 20.8 Å². The summed E-state index contributed by atoms with van der Waals surface area (Å²) in [5.74, 6) is -0.787. The molecule has 1 aromatic rings. The smallest absolute Gasteiger partial charge is 0.326 e. The van der Waals surface area contributed by atoms with Crippen LogP contribution in [0.2, 0.25) is 0 Å². The van der Waals surface area contributed by atoms with E-state index in [4.69, 9.17) is 0 Å². The van der Waals surface area contributed by atoms with Gasteiger partial charge in [-0.1, -0.05) is 19.3 Å². The van der Waals surface area contributed by atoms with Crippen LogP contribution in [0.1, 0.15) is 43.0 Å². The van der Waals surface area contributed by atoms with Crippen LogP contribution in [0.5, 0.6) is 0 Å². The maximum atomic E-state index is 11.3. The highest BCUT2D eigenvalue weighted by Crippen LogP contribution is 2.29. The van der Waals surface area contributed by atoms with E-state index in [0.717, 1.165) is 21.5 Å². The molecular formula is C12H16BrNO2S. The van der Waals surface area contributed by atoms with Crippen LogP contribution in [0, 0.1) is 0 Å². The number of thiophene rings is 1. The van der Waals surface area contributed by atoms with E-state index >= 15 is 0 Å². The summed E-state index contributed by atoms with van der Waals surface area (Å²) in [6, 6.07) is 3.57. The largest absolute Gasteiger partial charge is 0.480 e. The van der Waals surface area contributed by atoms with Crippen molar-refractivity contribution >= 4 is 33.2 Å². The maximum absolute atomic E-state index is 11.3. The van der Waals surface area contributed by atoms with Gasteiger partial charge in [0.2, 0.25) is 0 Å². The van der Waals surface area contributed by atoms with Gasteiger partial charge in [-0.2, -0.15) is 0 Å². The molecule has 0 aliphatic heterocycles. The Bertz CT molecular complexity index is 388. The lowest BCUT2D eigenvalue weighted by Gasteiger charge is -2.26. The molecule has 0 aromatic carbocycles. The predicted octanol–water partition coefficient (Wildman–Crippen LogP) is 3.56. The molecule has 1 aliphatic rings. The quantitative estimate of drug-likeness (QED) is 0.892. The van der Waals surface area contributed by atoms with Crippen LogP contribution >= 0.6 is 27.3 Å². The average molecular weight is 318 g/mol. The number of aliphatic carboxylic acids is 1. The Hall–Kier alpha value is -0.390. The summed E-state index contributed by atoms with van der Waals surface area (Å²) < 4.78 is 0.976. The van der Waals surface area contributed by atoms with Crippen molar-refractivity contribution in [3.63, 3.8) is 0 Å². The Morgan fingerprint density at radius 3 is 2.65 bits per heavy atom. The lowest BCUT2D eigenvalue weighted by molar-refractivity contribution is -0.139. The van der Waals surface area contributed by atoms with Gasteiger partial charge in [0, 0.05) is 10.9 Å². The molecule has 1 heterocycles. The third-order valence-electron chi connectivity index (χ3n) is 3.13. The molecule has 0 bridgehead atoms. The van der Waals surface area contributed by atoms with Crippen molar-refractivity contribution in [2.24, 2.45) is 0 Å². The highest BCUT2D eigenvalue weighted by atomic mass is 79.9. The molecule has 1 unspecified atom stereocenters. The third kappa shape index (κ3) is 3.53. The molecule has 1 saturated carbocycles. The third-order valence-corrected chi connectivity index (χ3v) is 4.82. The van der Waals surface area contributed by atoms with E-state index in [1.54, 1.807) is 0 Å². The van der Waals surface area contributed by atoms with Gasteiger partial charge < -0.3 is 5.11 Å². The first-order valence-electron chi connectivity index (χ1n) is 5.91. The Labute approximate surface area is 113 Å². The molecule has 3 nitrogen and oxygen atoms in total. The van der Waals surface area contributed by atoms with E-state index in [0.29, 0.717) is 6.04 Å². The summed E-state index contributed by atoms with van der Waals surface area (Å²) in [7, 11) is 0. The molecule has 1 atom stereocenters. The monoisotopic (exact) mass is 317 g/mol. The van der Waals surface area contributed by atoms with E-state index in [-0.39, 0.29) is 0 Å². The molecule has 1 aliphatic carbocycles. The number of nitrogens with one attached hydrogen (secondary N) is 1. The molecule has 94 valence electrons. The number of hydrogen-bond donors (Lipinski definition) is 2. The number of carbonyl (C=O) groups is 1. The number of hydrogen-bond acceptors (Lipinski definition) is 3. The maximum Gasteiger partial charge on any atom is 0.326 e. The topological polar surface area (TPSA) is 49.3 Å². The SMILES string of the molecule is O=C(O)C(NC1CCCCC1)c1ccc(Br)s1. The van der Waals surface area contributed by atoms with E-state index in [2.05, 4.69) is 21.2 Å². The highest BCUT2D eigenvalue weighted by Gasteiger charge is 2.25. The number of rotatable bonds is 4. The van der Waals surface area contributed by atoms with Gasteiger partial charge in [-0.05, 0) is 40.9 Å². The van der Waals surface area contributed by atoms with Gasteiger partial charge in [0.15, 0.2) is 0 Å². The lowest BCUT2D eigenvalue weighted by atomic mass is 9.95. The van der Waals surface area contributed by atoms with Crippen LogP contribution < -0.4 is 5.32 Å². The van der Waals surface area contributed by atoms with Crippen molar-refractivity contribution in [1.29, 1.82) is 0 Å². The average Bonchev–Trinajstić information content (AvgIpc) is 2.73. The Morgan fingerprint density at radius 2 is 2.12 bits per heavy atom. The van der Waals surface area contributed by atoms with Crippen molar-refractivity contribution in [3.8, 4) is 0 Å². The summed E-state index contributed by atoms with van der Waals surface area (Å²) in [4.78, 5) is 12.2. The van der Waals surface area contributed by atoms with Crippen molar-refractivity contribution in [2.75, 3.05) is 0 Å². The van der Waals surface area contributed by atoms with Gasteiger partial charge in [0.05, 0.1) is 3.79 Å². The van der Waals surface area contributed by atoms with Gasteiger partial charge in [0.25, 0.3) is 0 Å². The molecule has 0 saturated heterocycles. The van der Waals surface area contributed by atoms with Gasteiger partial charge >= 0.3 is 5.97 Å². The molecule has 2 N–H and O–H groups in total. The van der Waals surface area contributed by atoms with Crippen LogP contribution in [-0.2, 0) is 4.79 Å². The highest BCUT2D eigenvalue weighted by molar-refractivity contribution is 9.11. The van der Waals surface area contributed by atoms with Gasteiger partial charge in [-0.25, -0.2) is 0 Å². The Kier molecular flexibility index (Phi) is 4.59. The summed E-state index contributed by atoms with van der Waals surface area (Å²) in [6.45, 7) is 0. The van der Waals surface area contributed by atoms with E-state index < -0.39 is 12.0 Å². The number of halogens is 1. The van der Waals surface area contributed by atoms with Crippen molar-refractivity contribution in [2.45, 2.75) is 44.2 Å². The van der Waals surface area contributed by atoms with Crippen LogP contribution in [0.25, 0.3) is 0 Å². The standard InChI is InChI=1S/C12H16BrNO2S/c13-10-7-6-9(17-10)11(12(15)16)14-8-4-2-1-3-5-8/h6-8,11,14H,1-5H2,(H,15,16). The van der Waals surface area contributed by atoms with Crippen LogP contribution in [0.15, 0.2) is 15.9 Å². The lowest BCUT2D eigenvalue weighted by Crippen LogP contribution is -2.37. The first kappa shape index (κ1) is 13.1. The van der Waals surface area contributed by atoms with Crippen molar-refractivity contribution < 1.29 is 9.90 Å². The van der Waals surface area contributed by atoms with Crippen LogP contribution in [0.4, 0.5) is 0 Å². The molecule has 5 heteroatoms. The number of carboxylic acid groups (broad SMARTS) is 1. The van der Waals surface area contributed by atoms with Crippen LogP contribution in [-0.4, -0.2) is 17.1 Å². The fraction of sp³-hybridized carbons (Fsp3) is 0.583. The molecule has 0 radical (unpaired) electrons. The summed E-state index contributed by atoms with van der Waals surface area (Å²) in [5.41, 5.74) is 0. The number of carboxylic acids is 1. The zero-order valence-electron chi connectivity index (χ0n) is 9.49. The molecular weight excluding hydrogens is 302 g/mol. The minimum absolute atomic E-state index is 0.353. The molecule has 2 rings (SSSR count). The first-order valence-corrected chi connectivity index (χ1v) is 7.52. The summed E-state index contributed by atoms with van der Waals surface area (Å²) in [5, 5.41) is 12.6. The van der Waals surface area contributed by atoms with Crippen LogP contribution in [0.3, 0.4) is 0 Å². The summed E-state index contributed by atoms with van der Waals surface area (Å²) >= 11 is 4.86. The second kappa shape index (κ2) is 5.98. The van der Waals surface area contributed by atoms with Gasteiger partial charge in [0.1, 0.15) is 6.04 Å².